The highest BCUT2D eigenvalue weighted by Crippen LogP contribution is 2.29. The van der Waals surface area contributed by atoms with E-state index in [1.54, 1.807) is 42.1 Å². The fourth-order valence-electron chi connectivity index (χ4n) is 4.22. The lowest BCUT2D eigenvalue weighted by Gasteiger charge is -2.38. The number of rotatable bonds is 8. The van der Waals surface area contributed by atoms with Crippen molar-refractivity contribution in [3.05, 3.63) is 48.4 Å². The molecule has 0 aliphatic carbocycles. The van der Waals surface area contributed by atoms with Crippen LogP contribution in [0.15, 0.2) is 47.8 Å². The summed E-state index contributed by atoms with van der Waals surface area (Å²) in [4.78, 5) is 21.5. The molecular formula is C23H29N5O3S2. The molecule has 176 valence electrons. The first-order valence-electron chi connectivity index (χ1n) is 11.0. The van der Waals surface area contributed by atoms with Crippen LogP contribution in [0.1, 0.15) is 24.8 Å². The van der Waals surface area contributed by atoms with Crippen molar-refractivity contribution in [2.75, 3.05) is 37.2 Å². The molecule has 1 aliphatic rings. The Morgan fingerprint density at radius 2 is 1.97 bits per heavy atom. The van der Waals surface area contributed by atoms with E-state index in [-0.39, 0.29) is 10.8 Å². The molecule has 33 heavy (non-hydrogen) atoms. The van der Waals surface area contributed by atoms with Gasteiger partial charge in [-0.25, -0.2) is 27.4 Å². The molecular weight excluding hydrogens is 458 g/mol. The van der Waals surface area contributed by atoms with Crippen LogP contribution in [0.25, 0.3) is 11.0 Å². The van der Waals surface area contributed by atoms with Gasteiger partial charge in [0.2, 0.25) is 0 Å². The molecule has 1 aromatic carbocycles. The number of fused-ring (bicyclic) bond motifs is 1. The highest BCUT2D eigenvalue weighted by atomic mass is 32.2. The summed E-state index contributed by atoms with van der Waals surface area (Å²) < 4.78 is 27.7. The summed E-state index contributed by atoms with van der Waals surface area (Å²) in [5.74, 6) is 1.79. The maximum Gasteiger partial charge on any atom is 0.269 e. The number of aryl methyl sites for hydroxylation is 1. The van der Waals surface area contributed by atoms with E-state index in [9.17, 15) is 13.2 Å². The van der Waals surface area contributed by atoms with Gasteiger partial charge in [0.05, 0.1) is 10.3 Å². The number of Topliss-reactive ketones (excluding diaryl/α,β-unsaturated/α-hetero) is 1. The van der Waals surface area contributed by atoms with E-state index in [2.05, 4.69) is 15.0 Å². The molecule has 0 bridgehead atoms. The highest BCUT2D eigenvalue weighted by molar-refractivity contribution is 7.98. The Morgan fingerprint density at radius 3 is 2.70 bits per heavy atom. The van der Waals surface area contributed by atoms with Crippen molar-refractivity contribution in [3.63, 3.8) is 0 Å². The number of carbonyl (C=O) groups excluding carboxylic acids is 1. The average molecular weight is 488 g/mol. The van der Waals surface area contributed by atoms with Crippen LogP contribution in [-0.4, -0.2) is 65.3 Å². The molecule has 2 aromatic heterocycles. The minimum Gasteiger partial charge on any atom is -0.299 e. The SMILES string of the molecule is CSCCC(=O)C1CCCN(N(C)c2ncnc3c2ccn3S(=O)(=O)c2ccc(C)cc2)C1. The molecule has 0 saturated carbocycles. The van der Waals surface area contributed by atoms with Gasteiger partial charge in [0.15, 0.2) is 11.5 Å². The van der Waals surface area contributed by atoms with Crippen LogP contribution < -0.4 is 5.01 Å². The third kappa shape index (κ3) is 4.78. The second kappa shape index (κ2) is 9.82. The predicted octanol–water partition coefficient (Wildman–Crippen LogP) is 3.36. The zero-order valence-corrected chi connectivity index (χ0v) is 20.8. The number of anilines is 1. The molecule has 10 heteroatoms. The summed E-state index contributed by atoms with van der Waals surface area (Å²) in [6, 6.07) is 8.50. The largest absolute Gasteiger partial charge is 0.299 e. The molecule has 4 rings (SSSR count). The van der Waals surface area contributed by atoms with E-state index >= 15 is 0 Å². The van der Waals surface area contributed by atoms with Gasteiger partial charge in [0.1, 0.15) is 12.1 Å². The number of nitrogens with zero attached hydrogens (tertiary/aromatic N) is 5. The van der Waals surface area contributed by atoms with E-state index in [0.717, 1.165) is 30.7 Å². The van der Waals surface area contributed by atoms with Gasteiger partial charge in [-0.05, 0) is 50.0 Å². The molecule has 1 atom stereocenters. The van der Waals surface area contributed by atoms with E-state index in [4.69, 9.17) is 0 Å². The number of benzene rings is 1. The molecule has 0 N–H and O–H groups in total. The number of hydrogen-bond donors (Lipinski definition) is 0. The van der Waals surface area contributed by atoms with Gasteiger partial charge in [-0.2, -0.15) is 11.8 Å². The standard InChI is InChI=1S/C23H29N5O3S2/c1-17-6-8-19(9-7-17)33(30,31)28-13-10-20-22(24-16-25-23(20)28)26(2)27-12-4-5-18(15-27)21(29)11-14-32-3/h6-10,13,16,18H,4-5,11-12,14-15H2,1-3H3. The first kappa shape index (κ1) is 23.7. The van der Waals surface area contributed by atoms with Gasteiger partial charge >= 0.3 is 0 Å². The third-order valence-corrected chi connectivity index (χ3v) is 8.44. The van der Waals surface area contributed by atoms with E-state index in [1.807, 2.05) is 25.2 Å². The summed E-state index contributed by atoms with van der Waals surface area (Å²) in [5, 5.41) is 4.70. The Hall–Kier alpha value is -2.43. The van der Waals surface area contributed by atoms with Crippen molar-refractivity contribution in [2.24, 2.45) is 5.92 Å². The van der Waals surface area contributed by atoms with Crippen LogP contribution >= 0.6 is 11.8 Å². The maximum absolute atomic E-state index is 13.2. The summed E-state index contributed by atoms with van der Waals surface area (Å²) in [7, 11) is -1.88. The molecule has 1 fully saturated rings. The Balaban J connectivity index is 1.62. The van der Waals surface area contributed by atoms with Crippen LogP contribution in [0.3, 0.4) is 0 Å². The first-order valence-corrected chi connectivity index (χ1v) is 13.8. The van der Waals surface area contributed by atoms with Gasteiger partial charge < -0.3 is 0 Å². The molecule has 3 aromatic rings. The van der Waals surface area contributed by atoms with Crippen molar-refractivity contribution >= 4 is 44.4 Å². The van der Waals surface area contributed by atoms with Gasteiger partial charge in [-0.3, -0.25) is 9.80 Å². The van der Waals surface area contributed by atoms with Crippen LogP contribution in [-0.2, 0) is 14.8 Å². The molecule has 0 amide bonds. The number of aromatic nitrogens is 3. The number of hydrazine groups is 1. The quantitative estimate of drug-likeness (QED) is 0.478. The Labute approximate surface area is 199 Å². The minimum atomic E-state index is -3.79. The Morgan fingerprint density at radius 1 is 1.21 bits per heavy atom. The van der Waals surface area contributed by atoms with E-state index in [0.29, 0.717) is 35.6 Å². The second-order valence-electron chi connectivity index (χ2n) is 8.35. The third-order valence-electron chi connectivity index (χ3n) is 6.14. The Kier molecular flexibility index (Phi) is 7.06. The normalized spacial score (nSPS) is 17.4. The number of thioether (sulfide) groups is 1. The van der Waals surface area contributed by atoms with Crippen LogP contribution in [0.2, 0.25) is 0 Å². The molecule has 1 aliphatic heterocycles. The van der Waals surface area contributed by atoms with Crippen LogP contribution in [0.4, 0.5) is 5.82 Å². The van der Waals surface area contributed by atoms with Crippen molar-refractivity contribution in [2.45, 2.75) is 31.1 Å². The fraction of sp³-hybridized carbons (Fsp3) is 0.435. The molecule has 0 spiro atoms. The maximum atomic E-state index is 13.2. The second-order valence-corrected chi connectivity index (χ2v) is 11.1. The number of ketones is 1. The summed E-state index contributed by atoms with van der Waals surface area (Å²) >= 11 is 1.69. The van der Waals surface area contributed by atoms with Crippen molar-refractivity contribution in [1.29, 1.82) is 0 Å². The zero-order chi connectivity index (χ0) is 23.6. The lowest BCUT2D eigenvalue weighted by atomic mass is 9.93. The van der Waals surface area contributed by atoms with Gasteiger partial charge in [-0.15, -0.1) is 0 Å². The lowest BCUT2D eigenvalue weighted by molar-refractivity contribution is -0.124. The molecule has 1 unspecified atom stereocenters. The van der Waals surface area contributed by atoms with Crippen molar-refractivity contribution < 1.29 is 13.2 Å². The van der Waals surface area contributed by atoms with Gasteiger partial charge in [0.25, 0.3) is 10.0 Å². The fourth-order valence-corrected chi connectivity index (χ4v) is 5.93. The topological polar surface area (TPSA) is 88.4 Å². The predicted molar refractivity (Wildman–Crippen MR) is 132 cm³/mol. The molecule has 0 radical (unpaired) electrons. The summed E-state index contributed by atoms with van der Waals surface area (Å²) in [5.41, 5.74) is 1.32. The van der Waals surface area contributed by atoms with Crippen LogP contribution in [0.5, 0.6) is 0 Å². The van der Waals surface area contributed by atoms with Gasteiger partial charge in [0, 0.05) is 38.7 Å². The number of carbonyl (C=O) groups is 1. The van der Waals surface area contributed by atoms with E-state index < -0.39 is 10.0 Å². The van der Waals surface area contributed by atoms with Crippen molar-refractivity contribution in [3.8, 4) is 0 Å². The lowest BCUT2D eigenvalue weighted by Crippen LogP contribution is -2.48. The molecule has 8 nitrogen and oxygen atoms in total. The van der Waals surface area contributed by atoms with Crippen molar-refractivity contribution in [1.82, 2.24) is 18.9 Å². The first-order chi connectivity index (χ1) is 15.8. The zero-order valence-electron chi connectivity index (χ0n) is 19.1. The number of piperidine rings is 1. The smallest absolute Gasteiger partial charge is 0.269 e. The van der Waals surface area contributed by atoms with Crippen LogP contribution in [0, 0.1) is 12.8 Å². The summed E-state index contributed by atoms with van der Waals surface area (Å²) in [6.45, 7) is 3.37. The molecule has 1 saturated heterocycles. The summed E-state index contributed by atoms with van der Waals surface area (Å²) in [6.07, 6.45) is 7.36. The minimum absolute atomic E-state index is 0.0113. The van der Waals surface area contributed by atoms with Gasteiger partial charge in [-0.1, -0.05) is 17.7 Å². The monoisotopic (exact) mass is 487 g/mol. The Bertz CT molecular complexity index is 1240. The number of hydrogen-bond acceptors (Lipinski definition) is 8. The molecule has 3 heterocycles. The average Bonchev–Trinajstić information content (AvgIpc) is 3.27. The van der Waals surface area contributed by atoms with E-state index in [1.165, 1.54) is 16.5 Å². The highest BCUT2D eigenvalue weighted by Gasteiger charge is 2.29.